The third kappa shape index (κ3) is 3.78. The number of aliphatic hydroxyl groups excluding tert-OH is 1. The lowest BCUT2D eigenvalue weighted by Crippen LogP contribution is -2.27. The summed E-state index contributed by atoms with van der Waals surface area (Å²) in [5.74, 6) is -4.42. The van der Waals surface area contributed by atoms with Crippen LogP contribution in [0.25, 0.3) is 5.69 Å². The van der Waals surface area contributed by atoms with Gasteiger partial charge in [0, 0.05) is 11.6 Å². The van der Waals surface area contributed by atoms with Gasteiger partial charge in [0.25, 0.3) is 5.56 Å². The van der Waals surface area contributed by atoms with Crippen LogP contribution in [0.1, 0.15) is 11.4 Å². The quantitative estimate of drug-likeness (QED) is 0.593. The minimum Gasteiger partial charge on any atom is -0.472 e. The molecule has 0 atom stereocenters. The van der Waals surface area contributed by atoms with Crippen LogP contribution in [0.15, 0.2) is 45.7 Å². The molecule has 0 fully saturated rings. The normalized spacial score (nSPS) is 10.9. The highest BCUT2D eigenvalue weighted by Crippen LogP contribution is 2.24. The monoisotopic (exact) mass is 458 g/mol. The first-order valence-electron chi connectivity index (χ1n) is 7.77. The third-order valence-corrected chi connectivity index (χ3v) is 4.43. The fourth-order valence-electron chi connectivity index (χ4n) is 2.44. The molecule has 146 valence electrons. The van der Waals surface area contributed by atoms with Crippen molar-refractivity contribution in [2.45, 2.75) is 13.2 Å². The van der Waals surface area contributed by atoms with Gasteiger partial charge in [-0.05, 0) is 40.2 Å². The van der Waals surface area contributed by atoms with E-state index in [0.29, 0.717) is 10.6 Å². The van der Waals surface area contributed by atoms with Crippen molar-refractivity contribution in [1.29, 1.82) is 0 Å². The number of aliphatic hydroxyl groups is 1. The van der Waals surface area contributed by atoms with Gasteiger partial charge in [0.05, 0.1) is 0 Å². The van der Waals surface area contributed by atoms with E-state index in [1.54, 1.807) is 0 Å². The second kappa shape index (κ2) is 8.11. The first-order chi connectivity index (χ1) is 13.3. The lowest BCUT2D eigenvalue weighted by molar-refractivity contribution is 0.252. The summed E-state index contributed by atoms with van der Waals surface area (Å²) in [6.07, 6.45) is 0. The van der Waals surface area contributed by atoms with Crippen molar-refractivity contribution in [3.8, 4) is 11.6 Å². The molecule has 0 aliphatic carbocycles. The topological polar surface area (TPSA) is 64.3 Å². The predicted molar refractivity (Wildman–Crippen MR) is 94.1 cm³/mol. The lowest BCUT2D eigenvalue weighted by atomic mass is 10.2. The van der Waals surface area contributed by atoms with E-state index in [1.165, 1.54) is 0 Å². The Balaban J connectivity index is 2.04. The summed E-state index contributed by atoms with van der Waals surface area (Å²) < 4.78 is 60.4. The molecule has 1 aromatic heterocycles. The summed E-state index contributed by atoms with van der Waals surface area (Å²) in [7, 11) is 0. The van der Waals surface area contributed by atoms with E-state index in [9.17, 15) is 27.5 Å². The highest BCUT2D eigenvalue weighted by molar-refractivity contribution is 9.10. The average Bonchev–Trinajstić information content (AvgIpc) is 2.65. The van der Waals surface area contributed by atoms with Crippen LogP contribution < -0.4 is 10.3 Å². The highest BCUT2D eigenvalue weighted by Gasteiger charge is 2.22. The molecule has 0 spiro atoms. The fraction of sp³-hybridized carbons (Fsp3) is 0.111. The van der Waals surface area contributed by atoms with Crippen LogP contribution in [0.4, 0.5) is 17.6 Å². The largest absolute Gasteiger partial charge is 0.472 e. The van der Waals surface area contributed by atoms with E-state index < -0.39 is 53.6 Å². The van der Waals surface area contributed by atoms with Crippen molar-refractivity contribution in [1.82, 2.24) is 9.55 Å². The van der Waals surface area contributed by atoms with Crippen molar-refractivity contribution in [3.63, 3.8) is 0 Å². The molecule has 5 nitrogen and oxygen atoms in total. The van der Waals surface area contributed by atoms with Gasteiger partial charge in [-0.3, -0.25) is 9.36 Å². The second-order valence-electron chi connectivity index (χ2n) is 5.54. The number of hydrogen-bond donors (Lipinski definition) is 1. The smallest absolute Gasteiger partial charge is 0.276 e. The van der Waals surface area contributed by atoms with Crippen molar-refractivity contribution >= 4 is 15.9 Å². The summed E-state index contributed by atoms with van der Waals surface area (Å²) in [6, 6.07) is 5.86. The summed E-state index contributed by atoms with van der Waals surface area (Å²) in [6.45, 7) is -1.24. The van der Waals surface area contributed by atoms with Gasteiger partial charge >= 0.3 is 0 Å². The Bertz CT molecular complexity index is 1080. The molecule has 28 heavy (non-hydrogen) atoms. The minimum atomic E-state index is -1.03. The van der Waals surface area contributed by atoms with E-state index in [4.69, 9.17) is 4.74 Å². The Hall–Kier alpha value is -2.72. The van der Waals surface area contributed by atoms with Gasteiger partial charge < -0.3 is 9.84 Å². The first kappa shape index (κ1) is 20.0. The Morgan fingerprint density at radius 3 is 2.36 bits per heavy atom. The Morgan fingerprint density at radius 1 is 1.07 bits per heavy atom. The van der Waals surface area contributed by atoms with Crippen molar-refractivity contribution in [3.05, 3.63) is 85.9 Å². The summed E-state index contributed by atoms with van der Waals surface area (Å²) in [4.78, 5) is 16.5. The number of hydrogen-bond acceptors (Lipinski definition) is 4. The summed E-state index contributed by atoms with van der Waals surface area (Å²) >= 11 is 2.94. The average molecular weight is 459 g/mol. The zero-order chi connectivity index (χ0) is 20.4. The lowest BCUT2D eigenvalue weighted by Gasteiger charge is -2.15. The number of halogens is 5. The van der Waals surface area contributed by atoms with E-state index >= 15 is 0 Å². The second-order valence-corrected chi connectivity index (χ2v) is 6.33. The maximum Gasteiger partial charge on any atom is 0.276 e. The van der Waals surface area contributed by atoms with Gasteiger partial charge in [-0.15, -0.1) is 0 Å². The van der Waals surface area contributed by atoms with E-state index in [2.05, 4.69) is 20.9 Å². The predicted octanol–water partition coefficient (Wildman–Crippen LogP) is 3.62. The molecule has 0 bridgehead atoms. The molecular weight excluding hydrogens is 448 g/mol. The number of ether oxygens (including phenoxy) is 1. The van der Waals surface area contributed by atoms with E-state index in [-0.39, 0.29) is 15.9 Å². The zero-order valence-corrected chi connectivity index (χ0v) is 15.5. The summed E-state index contributed by atoms with van der Waals surface area (Å²) in [5.41, 5.74) is -1.66. The number of benzene rings is 2. The molecule has 0 radical (unpaired) electrons. The van der Waals surface area contributed by atoms with Gasteiger partial charge in [-0.1, -0.05) is 6.07 Å². The van der Waals surface area contributed by atoms with Crippen LogP contribution in [0.3, 0.4) is 0 Å². The van der Waals surface area contributed by atoms with Gasteiger partial charge in [0.2, 0.25) is 5.88 Å². The third-order valence-electron chi connectivity index (χ3n) is 3.75. The van der Waals surface area contributed by atoms with Gasteiger partial charge in [-0.2, -0.15) is 4.98 Å². The number of aromatic nitrogens is 2. The standard InChI is InChI=1S/C18H11BrF4N2O3/c19-15-17(28-8-9-4-5-10(20)6-13(9)23)24-14(7-26)25(18(15)27)16-11(21)2-1-3-12(16)22/h1-6,26H,7-8H2. The summed E-state index contributed by atoms with van der Waals surface area (Å²) in [5, 5.41) is 9.52. The molecule has 0 unspecified atom stereocenters. The van der Waals surface area contributed by atoms with Crippen molar-refractivity contribution in [2.24, 2.45) is 0 Å². The molecule has 0 aliphatic rings. The maximum absolute atomic E-state index is 14.1. The van der Waals surface area contributed by atoms with Crippen LogP contribution in [-0.2, 0) is 13.2 Å². The number of nitrogens with zero attached hydrogens (tertiary/aromatic N) is 2. The molecular formula is C18H11BrF4N2O3. The zero-order valence-electron chi connectivity index (χ0n) is 13.9. The molecule has 3 aromatic rings. The molecule has 0 saturated heterocycles. The Morgan fingerprint density at radius 2 is 1.75 bits per heavy atom. The molecule has 1 heterocycles. The van der Waals surface area contributed by atoms with Crippen LogP contribution in [0.2, 0.25) is 0 Å². The van der Waals surface area contributed by atoms with E-state index in [1.807, 2.05) is 0 Å². The van der Waals surface area contributed by atoms with Crippen molar-refractivity contribution in [2.75, 3.05) is 0 Å². The van der Waals surface area contributed by atoms with Crippen LogP contribution in [0.5, 0.6) is 5.88 Å². The molecule has 1 N–H and O–H groups in total. The SMILES string of the molecule is O=c1c(Br)c(OCc2ccc(F)cc2F)nc(CO)n1-c1c(F)cccc1F. The van der Waals surface area contributed by atoms with Gasteiger partial charge in [0.1, 0.15) is 52.5 Å². The van der Waals surface area contributed by atoms with E-state index in [0.717, 1.165) is 30.3 Å². The molecule has 0 amide bonds. The molecule has 3 rings (SSSR count). The first-order valence-corrected chi connectivity index (χ1v) is 8.56. The number of para-hydroxylation sites is 1. The Kier molecular flexibility index (Phi) is 5.80. The molecule has 2 aromatic carbocycles. The van der Waals surface area contributed by atoms with Gasteiger partial charge in [0.15, 0.2) is 0 Å². The fourth-order valence-corrected chi connectivity index (χ4v) is 2.82. The van der Waals surface area contributed by atoms with Crippen LogP contribution in [-0.4, -0.2) is 14.7 Å². The Labute approximate surface area is 164 Å². The maximum atomic E-state index is 14.1. The molecule has 0 aliphatic heterocycles. The molecule has 10 heteroatoms. The van der Waals surface area contributed by atoms with Crippen LogP contribution >= 0.6 is 15.9 Å². The van der Waals surface area contributed by atoms with Crippen molar-refractivity contribution < 1.29 is 27.4 Å². The highest BCUT2D eigenvalue weighted by atomic mass is 79.9. The molecule has 0 saturated carbocycles. The number of rotatable bonds is 5. The minimum absolute atomic E-state index is 0.00928. The van der Waals surface area contributed by atoms with Crippen LogP contribution in [0, 0.1) is 23.3 Å². The van der Waals surface area contributed by atoms with Gasteiger partial charge in [-0.25, -0.2) is 17.6 Å².